The molecule has 32 heavy (non-hydrogen) atoms. The Morgan fingerprint density at radius 2 is 1.59 bits per heavy atom. The summed E-state index contributed by atoms with van der Waals surface area (Å²) in [5.41, 5.74) is 5.30. The first kappa shape index (κ1) is 22.4. The monoisotopic (exact) mass is 569 g/mol. The minimum absolute atomic E-state index is 0.154. The molecule has 1 heterocycles. The van der Waals surface area contributed by atoms with Gasteiger partial charge in [0.05, 0.1) is 12.0 Å². The molecule has 0 atom stereocenters. The predicted molar refractivity (Wildman–Crippen MR) is 135 cm³/mol. The van der Waals surface area contributed by atoms with Gasteiger partial charge in [0.2, 0.25) is 0 Å². The Hall–Kier alpha value is -2.75. The SMILES string of the molecule is O=C(CSc1nnc(-c2ccccc2)n1-c1ccc(Br)cc1)N/N=C/c1ccc(Br)cc1. The predicted octanol–water partition coefficient (Wildman–Crippen LogP) is 5.70. The highest BCUT2D eigenvalue weighted by molar-refractivity contribution is 9.10. The van der Waals surface area contributed by atoms with Crippen LogP contribution in [-0.4, -0.2) is 32.6 Å². The van der Waals surface area contributed by atoms with Gasteiger partial charge in [0, 0.05) is 20.2 Å². The molecule has 1 aromatic heterocycles. The summed E-state index contributed by atoms with van der Waals surface area (Å²) in [5.74, 6) is 0.639. The number of nitrogens with zero attached hydrogens (tertiary/aromatic N) is 4. The molecule has 0 radical (unpaired) electrons. The van der Waals surface area contributed by atoms with E-state index in [1.807, 2.05) is 83.4 Å². The quantitative estimate of drug-likeness (QED) is 0.176. The summed E-state index contributed by atoms with van der Waals surface area (Å²) in [4.78, 5) is 12.3. The highest BCUT2D eigenvalue weighted by atomic mass is 79.9. The summed E-state index contributed by atoms with van der Waals surface area (Å²) < 4.78 is 3.91. The number of rotatable bonds is 7. The third-order valence-electron chi connectivity index (χ3n) is 4.36. The average molecular weight is 571 g/mol. The van der Waals surface area contributed by atoms with Gasteiger partial charge < -0.3 is 0 Å². The minimum Gasteiger partial charge on any atom is -0.272 e. The molecule has 6 nitrogen and oxygen atoms in total. The number of carbonyl (C=O) groups is 1. The van der Waals surface area contributed by atoms with E-state index in [2.05, 4.69) is 52.6 Å². The number of amides is 1. The van der Waals surface area contributed by atoms with Gasteiger partial charge >= 0.3 is 0 Å². The number of hydrogen-bond donors (Lipinski definition) is 1. The molecule has 0 bridgehead atoms. The van der Waals surface area contributed by atoms with Crippen molar-refractivity contribution in [2.75, 3.05) is 5.75 Å². The van der Waals surface area contributed by atoms with E-state index < -0.39 is 0 Å². The third-order valence-corrected chi connectivity index (χ3v) is 6.34. The molecular formula is C23H17Br2N5OS. The van der Waals surface area contributed by atoms with Crippen LogP contribution in [0.25, 0.3) is 17.1 Å². The lowest BCUT2D eigenvalue weighted by Crippen LogP contribution is -2.20. The summed E-state index contributed by atoms with van der Waals surface area (Å²) in [6.45, 7) is 0. The minimum atomic E-state index is -0.227. The van der Waals surface area contributed by atoms with Gasteiger partial charge in [-0.3, -0.25) is 9.36 Å². The standard InChI is InChI=1S/C23H17Br2N5OS/c24-18-8-6-16(7-9-18)14-26-27-21(31)15-32-23-29-28-22(17-4-2-1-3-5-17)30(23)20-12-10-19(25)11-13-20/h1-14H,15H2,(H,27,31)/b26-14+. The number of benzene rings is 3. The topological polar surface area (TPSA) is 72.2 Å². The lowest BCUT2D eigenvalue weighted by Gasteiger charge is -2.10. The van der Waals surface area contributed by atoms with Crippen LogP contribution in [0.2, 0.25) is 0 Å². The number of hydrazone groups is 1. The van der Waals surface area contributed by atoms with Crippen molar-refractivity contribution in [3.63, 3.8) is 0 Å². The first-order chi connectivity index (χ1) is 15.6. The van der Waals surface area contributed by atoms with Crippen molar-refractivity contribution in [2.45, 2.75) is 5.16 Å². The second kappa shape index (κ2) is 10.7. The molecule has 9 heteroatoms. The Morgan fingerprint density at radius 1 is 0.938 bits per heavy atom. The molecule has 0 aliphatic carbocycles. The van der Waals surface area contributed by atoms with Crippen LogP contribution in [0.3, 0.4) is 0 Å². The van der Waals surface area contributed by atoms with E-state index in [-0.39, 0.29) is 11.7 Å². The van der Waals surface area contributed by atoms with Crippen LogP contribution < -0.4 is 5.43 Å². The van der Waals surface area contributed by atoms with Crippen molar-refractivity contribution >= 4 is 55.7 Å². The maximum atomic E-state index is 12.3. The fraction of sp³-hybridized carbons (Fsp3) is 0.0435. The normalized spacial score (nSPS) is 11.1. The molecule has 1 N–H and O–H groups in total. The maximum absolute atomic E-state index is 12.3. The van der Waals surface area contributed by atoms with Crippen molar-refractivity contribution < 1.29 is 4.79 Å². The van der Waals surface area contributed by atoms with E-state index in [4.69, 9.17) is 0 Å². The molecule has 0 spiro atoms. The van der Waals surface area contributed by atoms with Gasteiger partial charge in [0.1, 0.15) is 0 Å². The molecule has 4 rings (SSSR count). The van der Waals surface area contributed by atoms with Gasteiger partial charge in [0.15, 0.2) is 11.0 Å². The highest BCUT2D eigenvalue weighted by Gasteiger charge is 2.17. The number of nitrogens with one attached hydrogen (secondary N) is 1. The summed E-state index contributed by atoms with van der Waals surface area (Å²) in [7, 11) is 0. The Labute approximate surface area is 206 Å². The Bertz CT molecular complexity index is 1230. The Morgan fingerprint density at radius 3 is 2.28 bits per heavy atom. The third kappa shape index (κ3) is 5.73. The molecule has 0 aliphatic rings. The van der Waals surface area contributed by atoms with Crippen molar-refractivity contribution in [2.24, 2.45) is 5.10 Å². The van der Waals surface area contributed by atoms with Crippen LogP contribution >= 0.6 is 43.6 Å². The van der Waals surface area contributed by atoms with Crippen molar-refractivity contribution in [1.82, 2.24) is 20.2 Å². The molecular weight excluding hydrogens is 554 g/mol. The van der Waals surface area contributed by atoms with E-state index in [0.29, 0.717) is 11.0 Å². The van der Waals surface area contributed by atoms with Crippen LogP contribution in [-0.2, 0) is 4.79 Å². The van der Waals surface area contributed by atoms with E-state index in [9.17, 15) is 4.79 Å². The van der Waals surface area contributed by atoms with E-state index >= 15 is 0 Å². The first-order valence-corrected chi connectivity index (χ1v) is 12.1. The lowest BCUT2D eigenvalue weighted by molar-refractivity contribution is -0.118. The van der Waals surface area contributed by atoms with Gasteiger partial charge in [-0.15, -0.1) is 10.2 Å². The molecule has 0 fully saturated rings. The molecule has 160 valence electrons. The summed E-state index contributed by atoms with van der Waals surface area (Å²) in [6.07, 6.45) is 1.60. The number of carbonyl (C=O) groups excluding carboxylic acids is 1. The molecule has 0 aliphatic heterocycles. The molecule has 0 saturated heterocycles. The van der Waals surface area contributed by atoms with Crippen LogP contribution in [0.4, 0.5) is 0 Å². The van der Waals surface area contributed by atoms with Gasteiger partial charge in [-0.25, -0.2) is 5.43 Å². The summed E-state index contributed by atoms with van der Waals surface area (Å²) >= 11 is 8.16. The number of halogens is 2. The van der Waals surface area contributed by atoms with E-state index in [1.54, 1.807) is 6.21 Å². The van der Waals surface area contributed by atoms with E-state index in [0.717, 1.165) is 25.8 Å². The van der Waals surface area contributed by atoms with Crippen molar-refractivity contribution in [3.05, 3.63) is 93.4 Å². The van der Waals surface area contributed by atoms with Crippen LogP contribution in [0, 0.1) is 0 Å². The zero-order valence-corrected chi connectivity index (χ0v) is 20.6. The number of thioether (sulfide) groups is 1. The van der Waals surface area contributed by atoms with Crippen molar-refractivity contribution in [1.29, 1.82) is 0 Å². The number of aromatic nitrogens is 3. The van der Waals surface area contributed by atoms with E-state index in [1.165, 1.54) is 11.8 Å². The summed E-state index contributed by atoms with van der Waals surface area (Å²) in [6, 6.07) is 25.4. The first-order valence-electron chi connectivity index (χ1n) is 9.57. The molecule has 0 saturated carbocycles. The van der Waals surface area contributed by atoms with Gasteiger partial charge in [-0.05, 0) is 42.0 Å². The second-order valence-corrected chi connectivity index (χ2v) is 9.39. The van der Waals surface area contributed by atoms with Crippen LogP contribution in [0.15, 0.2) is 98.1 Å². The van der Waals surface area contributed by atoms with Crippen LogP contribution in [0.5, 0.6) is 0 Å². The highest BCUT2D eigenvalue weighted by Crippen LogP contribution is 2.28. The largest absolute Gasteiger partial charge is 0.272 e. The zero-order chi connectivity index (χ0) is 22.3. The van der Waals surface area contributed by atoms with Crippen LogP contribution in [0.1, 0.15) is 5.56 Å². The molecule has 4 aromatic rings. The lowest BCUT2D eigenvalue weighted by atomic mass is 10.2. The Kier molecular flexibility index (Phi) is 7.51. The average Bonchev–Trinajstić information content (AvgIpc) is 3.24. The molecule has 0 unspecified atom stereocenters. The van der Waals surface area contributed by atoms with Gasteiger partial charge in [-0.2, -0.15) is 5.10 Å². The smallest absolute Gasteiger partial charge is 0.250 e. The fourth-order valence-electron chi connectivity index (χ4n) is 2.85. The maximum Gasteiger partial charge on any atom is 0.250 e. The van der Waals surface area contributed by atoms with Gasteiger partial charge in [0.25, 0.3) is 5.91 Å². The van der Waals surface area contributed by atoms with Gasteiger partial charge in [-0.1, -0.05) is 86.1 Å². The molecule has 1 amide bonds. The number of hydrogen-bond acceptors (Lipinski definition) is 5. The van der Waals surface area contributed by atoms with Crippen molar-refractivity contribution in [3.8, 4) is 17.1 Å². The fourth-order valence-corrected chi connectivity index (χ4v) is 4.12. The summed E-state index contributed by atoms with van der Waals surface area (Å²) in [5, 5.41) is 13.4. The second-order valence-electron chi connectivity index (χ2n) is 6.62. The Balaban J connectivity index is 1.49. The molecule has 3 aromatic carbocycles. The zero-order valence-electron chi connectivity index (χ0n) is 16.7.